The number of nitrogens with zero attached hydrogens (tertiary/aromatic N) is 4. The van der Waals surface area contributed by atoms with E-state index in [0.717, 1.165) is 27.6 Å². The summed E-state index contributed by atoms with van der Waals surface area (Å²) < 4.78 is 10.9. The van der Waals surface area contributed by atoms with Gasteiger partial charge in [0.15, 0.2) is 0 Å². The lowest BCUT2D eigenvalue weighted by atomic mass is 9.98. The largest absolute Gasteiger partial charge is 0.490 e. The molecule has 2 aromatic carbocycles. The minimum atomic E-state index is 0.333. The van der Waals surface area contributed by atoms with Crippen LogP contribution in [0.3, 0.4) is 0 Å². The number of nitriles is 1. The highest BCUT2D eigenvalue weighted by atomic mass is 35.5. The summed E-state index contributed by atoms with van der Waals surface area (Å²) in [7, 11) is 5.55. The molecule has 166 valence electrons. The van der Waals surface area contributed by atoms with Crippen molar-refractivity contribution in [3.8, 4) is 11.8 Å². The van der Waals surface area contributed by atoms with Gasteiger partial charge in [0.2, 0.25) is 0 Å². The lowest BCUT2D eigenvalue weighted by Gasteiger charge is -2.17. The van der Waals surface area contributed by atoms with Crippen molar-refractivity contribution in [3.63, 3.8) is 0 Å². The number of allylic oxidation sites excluding steroid dienone is 1. The Morgan fingerprint density at radius 2 is 1.91 bits per heavy atom. The van der Waals surface area contributed by atoms with Gasteiger partial charge >= 0.3 is 0 Å². The highest BCUT2D eigenvalue weighted by molar-refractivity contribution is 8.13. The molecule has 0 saturated carbocycles. The third-order valence-electron chi connectivity index (χ3n) is 5.00. The first-order chi connectivity index (χ1) is 15.4. The van der Waals surface area contributed by atoms with Crippen molar-refractivity contribution in [1.82, 2.24) is 4.90 Å². The fourth-order valence-electron chi connectivity index (χ4n) is 3.12. The Morgan fingerprint density at radius 3 is 2.53 bits per heavy atom. The minimum Gasteiger partial charge on any atom is -0.490 e. The number of thioether (sulfide) groups is 1. The molecule has 0 amide bonds. The van der Waals surface area contributed by atoms with E-state index < -0.39 is 0 Å². The molecule has 32 heavy (non-hydrogen) atoms. The van der Waals surface area contributed by atoms with Crippen LogP contribution < -0.4 is 4.74 Å². The fourth-order valence-corrected chi connectivity index (χ4v) is 3.93. The summed E-state index contributed by atoms with van der Waals surface area (Å²) in [6.07, 6.45) is 1.97. The predicted octanol–water partition coefficient (Wildman–Crippen LogP) is 5.27. The Labute approximate surface area is 198 Å². The van der Waals surface area contributed by atoms with Crippen LogP contribution in [-0.2, 0) is 4.74 Å². The van der Waals surface area contributed by atoms with Crippen LogP contribution in [0.5, 0.6) is 5.75 Å². The number of fused-ring (bicyclic) bond motifs is 1. The van der Waals surface area contributed by atoms with Crippen LogP contribution >= 0.6 is 23.4 Å². The highest BCUT2D eigenvalue weighted by Gasteiger charge is 2.24. The minimum absolute atomic E-state index is 0.333. The van der Waals surface area contributed by atoms with Gasteiger partial charge in [-0.25, -0.2) is 9.98 Å². The smallest absolute Gasteiger partial charge is 0.139 e. The standard InChI is InChI=1S/C24H25ClN4O2S/c1-15(29(2)3)22-24(32-5)27-20-13-21(31-11-10-30-4)16(14-26)12-18(20)23(28-22)17-8-6-7-9-19(17)25/h6-9,12-13H,10-11H2,1-5H3/b22-15-. The molecule has 0 radical (unpaired) electrons. The first-order valence-corrected chi connectivity index (χ1v) is 11.6. The zero-order valence-corrected chi connectivity index (χ0v) is 20.3. The number of ether oxygens (including phenoxy) is 2. The third-order valence-corrected chi connectivity index (χ3v) is 6.00. The topological polar surface area (TPSA) is 70.2 Å². The Bertz CT molecular complexity index is 1150. The Morgan fingerprint density at radius 1 is 1.16 bits per heavy atom. The van der Waals surface area contributed by atoms with Crippen molar-refractivity contribution >= 4 is 39.8 Å². The van der Waals surface area contributed by atoms with Gasteiger partial charge in [-0.2, -0.15) is 5.26 Å². The maximum absolute atomic E-state index is 9.79. The van der Waals surface area contributed by atoms with E-state index >= 15 is 0 Å². The summed E-state index contributed by atoms with van der Waals surface area (Å²) in [6, 6.07) is 13.3. The number of halogens is 1. The van der Waals surface area contributed by atoms with Crippen LogP contribution in [0, 0.1) is 11.3 Å². The average molecular weight is 469 g/mol. The quantitative estimate of drug-likeness (QED) is 0.540. The molecule has 2 aromatic rings. The van der Waals surface area contributed by atoms with E-state index in [2.05, 4.69) is 6.07 Å². The van der Waals surface area contributed by atoms with E-state index in [1.165, 1.54) is 11.8 Å². The molecule has 0 N–H and O–H groups in total. The fraction of sp³-hybridized carbons (Fsp3) is 0.292. The first kappa shape index (κ1) is 23.9. The van der Waals surface area contributed by atoms with Gasteiger partial charge in [-0.05, 0) is 25.3 Å². The third kappa shape index (κ3) is 4.99. The molecule has 0 aromatic heterocycles. The molecule has 8 heteroatoms. The molecule has 0 aliphatic carbocycles. The van der Waals surface area contributed by atoms with Crippen molar-refractivity contribution in [2.24, 2.45) is 9.98 Å². The second-order valence-electron chi connectivity index (χ2n) is 7.21. The summed E-state index contributed by atoms with van der Waals surface area (Å²) in [5, 5.41) is 11.1. The van der Waals surface area contributed by atoms with E-state index in [-0.39, 0.29) is 0 Å². The number of methoxy groups -OCH3 is 1. The van der Waals surface area contributed by atoms with Crippen LogP contribution in [0.15, 0.2) is 57.8 Å². The Hall–Kier alpha value is -2.79. The summed E-state index contributed by atoms with van der Waals surface area (Å²) in [6.45, 7) is 2.76. The molecule has 0 unspecified atom stereocenters. The maximum atomic E-state index is 9.79. The van der Waals surface area contributed by atoms with Gasteiger partial charge in [0.05, 0.1) is 23.6 Å². The van der Waals surface area contributed by atoms with Crippen LogP contribution in [-0.4, -0.2) is 56.3 Å². The molecule has 3 rings (SSSR count). The number of rotatable bonds is 6. The predicted molar refractivity (Wildman–Crippen MR) is 133 cm³/mol. The summed E-state index contributed by atoms with van der Waals surface area (Å²) in [5.41, 5.74) is 4.95. The SMILES string of the molecule is COCCOc1cc2c(cc1C#N)C(c1ccccc1Cl)=N/C(=C(/C)N(C)C)C(SC)=N2. The van der Waals surface area contributed by atoms with E-state index in [1.54, 1.807) is 19.2 Å². The summed E-state index contributed by atoms with van der Waals surface area (Å²) in [5.74, 6) is 0.461. The molecule has 6 nitrogen and oxygen atoms in total. The van der Waals surface area contributed by atoms with Crippen LogP contribution in [0.4, 0.5) is 5.69 Å². The highest BCUT2D eigenvalue weighted by Crippen LogP contribution is 2.37. The van der Waals surface area contributed by atoms with Crippen molar-refractivity contribution in [1.29, 1.82) is 5.26 Å². The molecule has 0 bridgehead atoms. The van der Waals surface area contributed by atoms with Crippen LogP contribution in [0.25, 0.3) is 0 Å². The molecular formula is C24H25ClN4O2S. The van der Waals surface area contributed by atoms with Gasteiger partial charge in [-0.1, -0.05) is 29.8 Å². The number of aliphatic imine (C=N–C) groups is 2. The molecule has 1 aliphatic rings. The molecule has 1 heterocycles. The van der Waals surface area contributed by atoms with Crippen LogP contribution in [0.1, 0.15) is 23.6 Å². The zero-order chi connectivity index (χ0) is 23.3. The molecule has 0 atom stereocenters. The first-order valence-electron chi connectivity index (χ1n) is 9.96. The zero-order valence-electron chi connectivity index (χ0n) is 18.8. The van der Waals surface area contributed by atoms with E-state index in [4.69, 9.17) is 31.1 Å². The number of hydrogen-bond donors (Lipinski definition) is 0. The van der Waals surface area contributed by atoms with Gasteiger partial charge in [0.25, 0.3) is 0 Å². The monoisotopic (exact) mass is 468 g/mol. The molecule has 1 aliphatic heterocycles. The Kier molecular flexibility index (Phi) is 7.97. The van der Waals surface area contributed by atoms with Gasteiger partial charge < -0.3 is 14.4 Å². The van der Waals surface area contributed by atoms with E-state index in [9.17, 15) is 5.26 Å². The van der Waals surface area contributed by atoms with Gasteiger partial charge in [0, 0.05) is 49.1 Å². The normalized spacial score (nSPS) is 14.5. The van der Waals surface area contributed by atoms with Crippen molar-refractivity contribution in [2.45, 2.75) is 6.92 Å². The molecular weight excluding hydrogens is 444 g/mol. The second kappa shape index (κ2) is 10.7. The van der Waals surface area contributed by atoms with Crippen molar-refractivity contribution in [2.75, 3.05) is 40.7 Å². The molecule has 0 saturated heterocycles. The number of benzene rings is 2. The lowest BCUT2D eigenvalue weighted by Crippen LogP contribution is -2.14. The van der Waals surface area contributed by atoms with Crippen molar-refractivity contribution in [3.05, 3.63) is 69.5 Å². The molecule has 0 spiro atoms. The van der Waals surface area contributed by atoms with Crippen LogP contribution in [0.2, 0.25) is 5.02 Å². The van der Waals surface area contributed by atoms with Crippen molar-refractivity contribution < 1.29 is 9.47 Å². The average Bonchev–Trinajstić information content (AvgIpc) is 2.94. The maximum Gasteiger partial charge on any atom is 0.139 e. The van der Waals surface area contributed by atoms with E-state index in [1.807, 2.05) is 56.4 Å². The Balaban J connectivity index is 2.34. The van der Waals surface area contributed by atoms with E-state index in [0.29, 0.717) is 40.9 Å². The van der Waals surface area contributed by atoms with Gasteiger partial charge in [-0.15, -0.1) is 11.8 Å². The summed E-state index contributed by atoms with van der Waals surface area (Å²) in [4.78, 5) is 12.0. The van der Waals surface area contributed by atoms with Gasteiger partial charge in [-0.3, -0.25) is 0 Å². The lowest BCUT2D eigenvalue weighted by molar-refractivity contribution is 0.146. The number of hydrogen-bond acceptors (Lipinski definition) is 7. The summed E-state index contributed by atoms with van der Waals surface area (Å²) >= 11 is 8.09. The molecule has 0 fully saturated rings. The second-order valence-corrected chi connectivity index (χ2v) is 8.41. The van der Waals surface area contributed by atoms with Gasteiger partial charge in [0.1, 0.15) is 29.2 Å².